The molecule has 2 N–H and O–H groups in total. The Kier molecular flexibility index (Phi) is 8.60. The van der Waals surface area contributed by atoms with Crippen molar-refractivity contribution in [3.8, 4) is 11.5 Å². The summed E-state index contributed by atoms with van der Waals surface area (Å²) in [5.74, 6) is -0.342. The Hall–Kier alpha value is -3.85. The fraction of sp³-hybridized carbons (Fsp3) is 0.286. The quantitative estimate of drug-likeness (QED) is 0.364. The molecule has 0 aromatic heterocycles. The van der Waals surface area contributed by atoms with E-state index in [9.17, 15) is 18.0 Å². The summed E-state index contributed by atoms with van der Waals surface area (Å²) in [4.78, 5) is 25.3. The highest BCUT2D eigenvalue weighted by Crippen LogP contribution is 2.31. The highest BCUT2D eigenvalue weighted by atomic mass is 32.2. The molecule has 1 atom stereocenters. The molecule has 0 aliphatic carbocycles. The maximum atomic E-state index is 13.0. The number of sulfonamides is 1. The van der Waals surface area contributed by atoms with Gasteiger partial charge in [0, 0.05) is 5.56 Å². The first kappa shape index (κ1) is 27.7. The standard InChI is InChI=1S/C28H32N2O6S/c1-19(2)25(27(32)36-28(3,4)5)29-26(31)20-15-17-22(18-16-20)37(33,34)30-23-13-9-10-14-24(23)35-21-11-7-6-8-12-21/h6-19,25,30H,1-5H3,(H,29,31)/t25-/m0/s1. The minimum Gasteiger partial charge on any atom is -0.458 e. The zero-order valence-electron chi connectivity index (χ0n) is 21.5. The van der Waals surface area contributed by atoms with Crippen LogP contribution in [-0.2, 0) is 19.6 Å². The molecule has 3 rings (SSSR count). The molecule has 0 fully saturated rings. The number of carbonyl (C=O) groups is 2. The predicted octanol–water partition coefficient (Wildman–Crippen LogP) is 5.38. The zero-order valence-corrected chi connectivity index (χ0v) is 22.3. The van der Waals surface area contributed by atoms with E-state index in [1.807, 2.05) is 18.2 Å². The van der Waals surface area contributed by atoms with E-state index < -0.39 is 33.5 Å². The summed E-state index contributed by atoms with van der Waals surface area (Å²) < 4.78 is 39.9. The third-order valence-corrected chi connectivity index (χ3v) is 6.52. The van der Waals surface area contributed by atoms with Crippen LogP contribution in [0.15, 0.2) is 83.8 Å². The number of hydrogen-bond donors (Lipinski definition) is 2. The van der Waals surface area contributed by atoms with Crippen molar-refractivity contribution in [3.05, 3.63) is 84.4 Å². The number of rotatable bonds is 9. The number of nitrogens with one attached hydrogen (secondary N) is 2. The number of carbonyl (C=O) groups excluding carboxylic acids is 2. The third-order valence-electron chi connectivity index (χ3n) is 5.14. The van der Waals surface area contributed by atoms with Crippen molar-refractivity contribution in [3.63, 3.8) is 0 Å². The Balaban J connectivity index is 1.74. The normalized spacial score (nSPS) is 12.5. The molecule has 37 heavy (non-hydrogen) atoms. The zero-order chi connectivity index (χ0) is 27.2. The minimum atomic E-state index is -3.98. The average molecular weight is 525 g/mol. The Labute approximate surface area is 218 Å². The molecular formula is C28H32N2O6S. The second-order valence-electron chi connectivity index (χ2n) is 9.77. The van der Waals surface area contributed by atoms with E-state index in [0.29, 0.717) is 11.5 Å². The van der Waals surface area contributed by atoms with Crippen LogP contribution in [0.3, 0.4) is 0 Å². The van der Waals surface area contributed by atoms with Gasteiger partial charge in [0.05, 0.1) is 10.6 Å². The lowest BCUT2D eigenvalue weighted by atomic mass is 10.0. The van der Waals surface area contributed by atoms with Crippen molar-refractivity contribution in [2.45, 2.75) is 51.2 Å². The maximum Gasteiger partial charge on any atom is 0.329 e. The number of hydrogen-bond acceptors (Lipinski definition) is 6. The molecule has 0 aliphatic rings. The first-order valence-corrected chi connectivity index (χ1v) is 13.3. The van der Waals surface area contributed by atoms with Gasteiger partial charge in [-0.05, 0) is 75.2 Å². The van der Waals surface area contributed by atoms with Crippen LogP contribution in [0.4, 0.5) is 5.69 Å². The van der Waals surface area contributed by atoms with Crippen LogP contribution in [0.2, 0.25) is 0 Å². The Morgan fingerprint density at radius 1 is 0.838 bits per heavy atom. The molecule has 9 heteroatoms. The fourth-order valence-corrected chi connectivity index (χ4v) is 4.40. The van der Waals surface area contributed by atoms with E-state index in [4.69, 9.17) is 9.47 Å². The fourth-order valence-electron chi connectivity index (χ4n) is 3.33. The molecule has 0 radical (unpaired) electrons. The van der Waals surface area contributed by atoms with Crippen LogP contribution >= 0.6 is 0 Å². The second kappa shape index (κ2) is 11.5. The summed E-state index contributed by atoms with van der Waals surface area (Å²) in [6.07, 6.45) is 0. The third kappa shape index (κ3) is 7.82. The van der Waals surface area contributed by atoms with Gasteiger partial charge >= 0.3 is 5.97 Å². The molecule has 196 valence electrons. The largest absolute Gasteiger partial charge is 0.458 e. The van der Waals surface area contributed by atoms with Gasteiger partial charge < -0.3 is 14.8 Å². The van der Waals surface area contributed by atoms with Gasteiger partial charge in [-0.3, -0.25) is 9.52 Å². The summed E-state index contributed by atoms with van der Waals surface area (Å²) in [7, 11) is -3.98. The molecule has 0 unspecified atom stereocenters. The second-order valence-corrected chi connectivity index (χ2v) is 11.5. The van der Waals surface area contributed by atoms with Crippen LogP contribution in [0, 0.1) is 5.92 Å². The summed E-state index contributed by atoms with van der Waals surface area (Å²) in [5.41, 5.74) is -0.214. The van der Waals surface area contributed by atoms with Crippen LogP contribution in [0.1, 0.15) is 45.0 Å². The van der Waals surface area contributed by atoms with E-state index in [1.54, 1.807) is 71.0 Å². The summed E-state index contributed by atoms with van der Waals surface area (Å²) >= 11 is 0. The molecule has 3 aromatic rings. The maximum absolute atomic E-state index is 13.0. The van der Waals surface area contributed by atoms with Crippen LogP contribution in [-0.4, -0.2) is 31.9 Å². The molecule has 3 aromatic carbocycles. The topological polar surface area (TPSA) is 111 Å². The Morgan fingerprint density at radius 3 is 2.03 bits per heavy atom. The highest BCUT2D eigenvalue weighted by Gasteiger charge is 2.29. The van der Waals surface area contributed by atoms with Gasteiger partial charge in [0.15, 0.2) is 5.75 Å². The van der Waals surface area contributed by atoms with Crippen LogP contribution < -0.4 is 14.8 Å². The molecule has 0 spiro atoms. The lowest BCUT2D eigenvalue weighted by Crippen LogP contribution is -2.47. The van der Waals surface area contributed by atoms with E-state index in [1.165, 1.54) is 24.3 Å². The van der Waals surface area contributed by atoms with Crippen molar-refractivity contribution < 1.29 is 27.5 Å². The summed E-state index contributed by atoms with van der Waals surface area (Å²) in [6, 6.07) is 20.3. The molecule has 0 saturated heterocycles. The summed E-state index contributed by atoms with van der Waals surface area (Å²) in [6.45, 7) is 8.86. The van der Waals surface area contributed by atoms with Gasteiger partial charge in [-0.25, -0.2) is 13.2 Å². The van der Waals surface area contributed by atoms with E-state index in [0.717, 1.165) is 0 Å². The summed E-state index contributed by atoms with van der Waals surface area (Å²) in [5, 5.41) is 2.69. The van der Waals surface area contributed by atoms with Gasteiger partial charge in [0.1, 0.15) is 17.4 Å². The lowest BCUT2D eigenvalue weighted by Gasteiger charge is -2.26. The average Bonchev–Trinajstić information content (AvgIpc) is 2.83. The number of para-hydroxylation sites is 3. The van der Waals surface area contributed by atoms with Gasteiger partial charge in [0.25, 0.3) is 15.9 Å². The number of amides is 1. The van der Waals surface area contributed by atoms with Crippen LogP contribution in [0.5, 0.6) is 11.5 Å². The van der Waals surface area contributed by atoms with Gasteiger partial charge in [-0.15, -0.1) is 0 Å². The highest BCUT2D eigenvalue weighted by molar-refractivity contribution is 7.92. The molecular weight excluding hydrogens is 492 g/mol. The molecule has 0 heterocycles. The molecule has 1 amide bonds. The lowest BCUT2D eigenvalue weighted by molar-refractivity contribution is -0.158. The Bertz CT molecular complexity index is 1330. The predicted molar refractivity (Wildman–Crippen MR) is 142 cm³/mol. The van der Waals surface area contributed by atoms with Crippen molar-refractivity contribution in [2.24, 2.45) is 5.92 Å². The van der Waals surface area contributed by atoms with Gasteiger partial charge in [-0.1, -0.05) is 44.2 Å². The van der Waals surface area contributed by atoms with E-state index >= 15 is 0 Å². The van der Waals surface area contributed by atoms with Gasteiger partial charge in [-0.2, -0.15) is 0 Å². The number of esters is 1. The number of benzene rings is 3. The number of ether oxygens (including phenoxy) is 2. The molecule has 0 saturated carbocycles. The van der Waals surface area contributed by atoms with Crippen LogP contribution in [0.25, 0.3) is 0 Å². The number of anilines is 1. The molecule has 0 bridgehead atoms. The SMILES string of the molecule is CC(C)[C@H](NC(=O)c1ccc(S(=O)(=O)Nc2ccccc2Oc2ccccc2)cc1)C(=O)OC(C)(C)C. The molecule has 8 nitrogen and oxygen atoms in total. The van der Waals surface area contributed by atoms with E-state index in [-0.39, 0.29) is 22.1 Å². The van der Waals surface area contributed by atoms with E-state index in [2.05, 4.69) is 10.0 Å². The first-order valence-electron chi connectivity index (χ1n) is 11.8. The monoisotopic (exact) mass is 524 g/mol. The van der Waals surface area contributed by atoms with Crippen molar-refractivity contribution >= 4 is 27.6 Å². The van der Waals surface area contributed by atoms with Crippen molar-refractivity contribution in [1.29, 1.82) is 0 Å². The minimum absolute atomic E-state index is 0.0360. The molecule has 0 aliphatic heterocycles. The Morgan fingerprint density at radius 2 is 1.43 bits per heavy atom. The first-order chi connectivity index (χ1) is 17.4. The van der Waals surface area contributed by atoms with Crippen molar-refractivity contribution in [1.82, 2.24) is 5.32 Å². The smallest absolute Gasteiger partial charge is 0.329 e. The van der Waals surface area contributed by atoms with Crippen molar-refractivity contribution in [2.75, 3.05) is 4.72 Å². The van der Waals surface area contributed by atoms with Gasteiger partial charge in [0.2, 0.25) is 0 Å².